The zero-order valence-electron chi connectivity index (χ0n) is 10.2. The fourth-order valence-corrected chi connectivity index (χ4v) is 1.51. The lowest BCUT2D eigenvalue weighted by Gasteiger charge is -2.17. The zero-order chi connectivity index (χ0) is 13.4. The lowest BCUT2D eigenvalue weighted by atomic mass is 10.1. The van der Waals surface area contributed by atoms with E-state index in [2.05, 4.69) is 0 Å². The minimum atomic E-state index is -0.124. The summed E-state index contributed by atoms with van der Waals surface area (Å²) in [5, 5.41) is 8.78. The van der Waals surface area contributed by atoms with Gasteiger partial charge in [-0.15, -0.1) is 11.6 Å². The largest absolute Gasteiger partial charge is 0.378 e. The Bertz CT molecular complexity index is 443. The molecule has 0 aliphatic heterocycles. The predicted molar refractivity (Wildman–Crippen MR) is 69.7 cm³/mol. The fourth-order valence-electron chi connectivity index (χ4n) is 1.40. The molecule has 1 aromatic rings. The Morgan fingerprint density at radius 3 is 2.94 bits per heavy atom. The highest BCUT2D eigenvalue weighted by molar-refractivity contribution is 6.17. The van der Waals surface area contributed by atoms with E-state index in [4.69, 9.17) is 21.6 Å². The van der Waals surface area contributed by atoms with Crippen LogP contribution in [-0.2, 0) is 4.74 Å². The van der Waals surface area contributed by atoms with Crippen molar-refractivity contribution in [1.82, 2.24) is 4.90 Å². The standard InChI is InChI=1S/C13H15ClN2O2/c1-16(6-8-18-7-5-14)13(17)12-4-2-3-11(9-12)10-15/h2-4,9H,5-8H2,1H3. The molecule has 4 nitrogen and oxygen atoms in total. The van der Waals surface area contributed by atoms with Crippen LogP contribution in [0.5, 0.6) is 0 Å². The van der Waals surface area contributed by atoms with E-state index in [-0.39, 0.29) is 5.91 Å². The second-order valence-corrected chi connectivity index (χ2v) is 4.10. The third kappa shape index (κ3) is 4.36. The first-order valence-electron chi connectivity index (χ1n) is 5.58. The molecule has 1 amide bonds. The first-order valence-corrected chi connectivity index (χ1v) is 6.12. The van der Waals surface area contributed by atoms with Gasteiger partial charge in [0.25, 0.3) is 5.91 Å². The smallest absolute Gasteiger partial charge is 0.253 e. The number of benzene rings is 1. The first-order chi connectivity index (χ1) is 8.69. The van der Waals surface area contributed by atoms with Crippen molar-refractivity contribution in [3.63, 3.8) is 0 Å². The van der Waals surface area contributed by atoms with Crippen molar-refractivity contribution in [3.05, 3.63) is 35.4 Å². The molecule has 1 aromatic carbocycles. The number of alkyl halides is 1. The van der Waals surface area contributed by atoms with Gasteiger partial charge in [0.15, 0.2) is 0 Å². The molecule has 0 aliphatic rings. The van der Waals surface area contributed by atoms with Crippen molar-refractivity contribution < 1.29 is 9.53 Å². The molecule has 18 heavy (non-hydrogen) atoms. The number of carbonyl (C=O) groups is 1. The summed E-state index contributed by atoms with van der Waals surface area (Å²) in [6.45, 7) is 1.42. The Morgan fingerprint density at radius 2 is 2.28 bits per heavy atom. The second kappa shape index (κ2) is 7.70. The quantitative estimate of drug-likeness (QED) is 0.584. The molecule has 1 rings (SSSR count). The summed E-state index contributed by atoms with van der Waals surface area (Å²) >= 11 is 5.47. The van der Waals surface area contributed by atoms with E-state index in [9.17, 15) is 4.79 Å². The van der Waals surface area contributed by atoms with Gasteiger partial charge in [-0.3, -0.25) is 4.79 Å². The molecular formula is C13H15ClN2O2. The topological polar surface area (TPSA) is 53.3 Å². The fraction of sp³-hybridized carbons (Fsp3) is 0.385. The number of halogens is 1. The summed E-state index contributed by atoms with van der Waals surface area (Å²) in [6, 6.07) is 8.65. The number of hydrogen-bond acceptors (Lipinski definition) is 3. The van der Waals surface area contributed by atoms with Crippen LogP contribution in [0.4, 0.5) is 0 Å². The van der Waals surface area contributed by atoms with Gasteiger partial charge >= 0.3 is 0 Å². The second-order valence-electron chi connectivity index (χ2n) is 3.72. The van der Waals surface area contributed by atoms with Crippen molar-refractivity contribution in [2.75, 3.05) is 32.7 Å². The summed E-state index contributed by atoms with van der Waals surface area (Å²) < 4.78 is 5.21. The average Bonchev–Trinajstić information content (AvgIpc) is 2.42. The number of ether oxygens (including phenoxy) is 1. The maximum atomic E-state index is 12.0. The molecular weight excluding hydrogens is 252 g/mol. The molecule has 0 bridgehead atoms. The highest BCUT2D eigenvalue weighted by Crippen LogP contribution is 2.06. The van der Waals surface area contributed by atoms with E-state index in [0.717, 1.165) is 0 Å². The Kier molecular flexibility index (Phi) is 6.20. The van der Waals surface area contributed by atoms with Gasteiger partial charge in [0.05, 0.1) is 24.8 Å². The number of amides is 1. The van der Waals surface area contributed by atoms with Gasteiger partial charge in [-0.05, 0) is 18.2 Å². The van der Waals surface area contributed by atoms with Crippen molar-refractivity contribution in [3.8, 4) is 6.07 Å². The van der Waals surface area contributed by atoms with E-state index < -0.39 is 0 Å². The third-order valence-electron chi connectivity index (χ3n) is 2.38. The zero-order valence-corrected chi connectivity index (χ0v) is 11.0. The van der Waals surface area contributed by atoms with Gasteiger partial charge in [0.1, 0.15) is 0 Å². The van der Waals surface area contributed by atoms with Crippen molar-refractivity contribution >= 4 is 17.5 Å². The Morgan fingerprint density at radius 1 is 1.50 bits per heavy atom. The van der Waals surface area contributed by atoms with Crippen LogP contribution < -0.4 is 0 Å². The van der Waals surface area contributed by atoms with E-state index in [1.807, 2.05) is 6.07 Å². The van der Waals surface area contributed by atoms with Gasteiger partial charge < -0.3 is 9.64 Å². The Labute approximate surface area is 112 Å². The summed E-state index contributed by atoms with van der Waals surface area (Å²) in [5.74, 6) is 0.323. The molecule has 0 atom stereocenters. The molecule has 0 spiro atoms. The molecule has 0 saturated carbocycles. The third-order valence-corrected chi connectivity index (χ3v) is 2.53. The minimum absolute atomic E-state index is 0.124. The average molecular weight is 267 g/mol. The molecule has 0 saturated heterocycles. The van der Waals surface area contributed by atoms with E-state index in [0.29, 0.717) is 36.8 Å². The molecule has 0 fully saturated rings. The van der Waals surface area contributed by atoms with Gasteiger partial charge in [-0.2, -0.15) is 5.26 Å². The molecule has 0 aliphatic carbocycles. The van der Waals surface area contributed by atoms with E-state index in [1.165, 1.54) is 0 Å². The normalized spacial score (nSPS) is 9.83. The number of carbonyl (C=O) groups excluding carboxylic acids is 1. The van der Waals surface area contributed by atoms with Gasteiger partial charge in [-0.1, -0.05) is 6.07 Å². The number of rotatable bonds is 6. The first kappa shape index (κ1) is 14.5. The number of likely N-dealkylation sites (N-methyl/N-ethyl adjacent to an activating group) is 1. The van der Waals surface area contributed by atoms with Crippen LogP contribution in [0.25, 0.3) is 0 Å². The Balaban J connectivity index is 2.55. The van der Waals surface area contributed by atoms with Gasteiger partial charge in [0.2, 0.25) is 0 Å². The van der Waals surface area contributed by atoms with Crippen LogP contribution >= 0.6 is 11.6 Å². The monoisotopic (exact) mass is 266 g/mol. The SMILES string of the molecule is CN(CCOCCCl)C(=O)c1cccc(C#N)c1. The number of hydrogen-bond donors (Lipinski definition) is 0. The molecule has 0 radical (unpaired) electrons. The predicted octanol–water partition coefficient (Wildman–Crippen LogP) is 1.89. The van der Waals surface area contributed by atoms with Crippen LogP contribution in [0.1, 0.15) is 15.9 Å². The maximum absolute atomic E-state index is 12.0. The highest BCUT2D eigenvalue weighted by Gasteiger charge is 2.11. The lowest BCUT2D eigenvalue weighted by molar-refractivity contribution is 0.0712. The van der Waals surface area contributed by atoms with Crippen molar-refractivity contribution in [2.24, 2.45) is 0 Å². The number of nitriles is 1. The van der Waals surface area contributed by atoms with E-state index in [1.54, 1.807) is 36.2 Å². The van der Waals surface area contributed by atoms with Crippen LogP contribution in [0.2, 0.25) is 0 Å². The van der Waals surface area contributed by atoms with Crippen molar-refractivity contribution in [2.45, 2.75) is 0 Å². The van der Waals surface area contributed by atoms with Crippen LogP contribution in [0.3, 0.4) is 0 Å². The molecule has 96 valence electrons. The maximum Gasteiger partial charge on any atom is 0.253 e. The Hall–Kier alpha value is -1.57. The van der Waals surface area contributed by atoms with Gasteiger partial charge in [0, 0.05) is 25.0 Å². The van der Waals surface area contributed by atoms with Gasteiger partial charge in [-0.25, -0.2) is 0 Å². The lowest BCUT2D eigenvalue weighted by Crippen LogP contribution is -2.30. The minimum Gasteiger partial charge on any atom is -0.378 e. The van der Waals surface area contributed by atoms with Crippen LogP contribution in [-0.4, -0.2) is 43.5 Å². The molecule has 0 unspecified atom stereocenters. The van der Waals surface area contributed by atoms with Crippen LogP contribution in [0.15, 0.2) is 24.3 Å². The summed E-state index contributed by atoms with van der Waals surface area (Å²) in [7, 11) is 1.70. The summed E-state index contributed by atoms with van der Waals surface area (Å²) in [5.41, 5.74) is 0.988. The molecule has 5 heteroatoms. The van der Waals surface area contributed by atoms with Crippen LogP contribution in [0, 0.1) is 11.3 Å². The van der Waals surface area contributed by atoms with Crippen molar-refractivity contribution in [1.29, 1.82) is 5.26 Å². The number of nitrogens with zero attached hydrogens (tertiary/aromatic N) is 2. The van der Waals surface area contributed by atoms with E-state index >= 15 is 0 Å². The molecule has 0 N–H and O–H groups in total. The summed E-state index contributed by atoms with van der Waals surface area (Å²) in [6.07, 6.45) is 0. The molecule has 0 heterocycles. The highest BCUT2D eigenvalue weighted by atomic mass is 35.5. The summed E-state index contributed by atoms with van der Waals surface area (Å²) in [4.78, 5) is 13.6. The molecule has 0 aromatic heterocycles.